The van der Waals surface area contributed by atoms with Crippen molar-refractivity contribution in [1.29, 1.82) is 0 Å². The van der Waals surface area contributed by atoms with Gasteiger partial charge in [0.25, 0.3) is 0 Å². The molecular formula is C16H21N3O. The average Bonchev–Trinajstić information content (AvgIpc) is 2.38. The second-order valence-corrected chi connectivity index (χ2v) is 5.05. The lowest BCUT2D eigenvalue weighted by molar-refractivity contribution is 0.340. The quantitative estimate of drug-likeness (QED) is 0.923. The van der Waals surface area contributed by atoms with Gasteiger partial charge in [-0.25, -0.2) is 9.97 Å². The average molecular weight is 271 g/mol. The molecule has 0 radical (unpaired) electrons. The summed E-state index contributed by atoms with van der Waals surface area (Å²) in [5, 5.41) is 0. The van der Waals surface area contributed by atoms with Gasteiger partial charge in [-0.1, -0.05) is 26.0 Å². The van der Waals surface area contributed by atoms with Crippen molar-refractivity contribution in [2.75, 3.05) is 12.3 Å². The molecule has 20 heavy (non-hydrogen) atoms. The second-order valence-electron chi connectivity index (χ2n) is 5.05. The zero-order valence-corrected chi connectivity index (χ0v) is 12.5. The predicted octanol–water partition coefficient (Wildman–Crippen LogP) is 3.56. The molecule has 0 unspecified atom stereocenters. The van der Waals surface area contributed by atoms with Gasteiger partial charge in [0.1, 0.15) is 11.6 Å². The van der Waals surface area contributed by atoms with E-state index in [0.717, 1.165) is 22.6 Å². The molecular weight excluding hydrogens is 250 g/mol. The highest BCUT2D eigenvalue weighted by molar-refractivity contribution is 5.61. The highest BCUT2D eigenvalue weighted by Crippen LogP contribution is 2.27. The van der Waals surface area contributed by atoms with Crippen LogP contribution in [0.3, 0.4) is 0 Å². The summed E-state index contributed by atoms with van der Waals surface area (Å²) < 4.78 is 5.50. The number of aryl methyl sites for hydroxylation is 1. The molecule has 0 spiro atoms. The Bertz CT molecular complexity index is 585. The summed E-state index contributed by atoms with van der Waals surface area (Å²) in [6.07, 6.45) is 0. The maximum atomic E-state index is 6.07. The van der Waals surface area contributed by atoms with E-state index in [2.05, 4.69) is 23.8 Å². The fourth-order valence-corrected chi connectivity index (χ4v) is 2.34. The maximum absolute atomic E-state index is 6.07. The van der Waals surface area contributed by atoms with Crippen LogP contribution < -0.4 is 10.5 Å². The molecule has 0 aliphatic rings. The lowest BCUT2D eigenvalue weighted by atomic mass is 10.0. The molecule has 0 aliphatic heterocycles. The molecule has 0 saturated heterocycles. The first-order valence-electron chi connectivity index (χ1n) is 6.90. The highest BCUT2D eigenvalue weighted by Gasteiger charge is 2.13. The fraction of sp³-hybridized carbons (Fsp3) is 0.375. The number of ether oxygens (including phenoxy) is 1. The third-order valence-corrected chi connectivity index (χ3v) is 3.15. The van der Waals surface area contributed by atoms with Crippen LogP contribution in [0.4, 0.5) is 5.82 Å². The van der Waals surface area contributed by atoms with Gasteiger partial charge < -0.3 is 10.5 Å². The Morgan fingerprint density at radius 1 is 1.25 bits per heavy atom. The van der Waals surface area contributed by atoms with Crippen LogP contribution in [-0.4, -0.2) is 16.6 Å². The van der Waals surface area contributed by atoms with Gasteiger partial charge in [-0.2, -0.15) is 0 Å². The van der Waals surface area contributed by atoms with Gasteiger partial charge in [0.05, 0.1) is 6.61 Å². The van der Waals surface area contributed by atoms with Crippen LogP contribution in [0, 0.1) is 6.92 Å². The van der Waals surface area contributed by atoms with E-state index in [-0.39, 0.29) is 0 Å². The van der Waals surface area contributed by atoms with Gasteiger partial charge >= 0.3 is 0 Å². The summed E-state index contributed by atoms with van der Waals surface area (Å²) in [6, 6.07) is 7.76. The maximum Gasteiger partial charge on any atom is 0.161 e. The van der Waals surface area contributed by atoms with E-state index in [1.807, 2.05) is 38.1 Å². The normalized spacial score (nSPS) is 10.8. The Morgan fingerprint density at radius 2 is 2.00 bits per heavy atom. The number of hydrogen-bond acceptors (Lipinski definition) is 4. The Labute approximate surface area is 120 Å². The zero-order chi connectivity index (χ0) is 14.7. The number of nitrogens with zero attached hydrogens (tertiary/aromatic N) is 2. The first-order chi connectivity index (χ1) is 9.52. The molecule has 106 valence electrons. The molecule has 1 aromatic heterocycles. The molecule has 0 saturated carbocycles. The fourth-order valence-electron chi connectivity index (χ4n) is 2.34. The lowest BCUT2D eigenvalue weighted by Gasteiger charge is -2.13. The zero-order valence-electron chi connectivity index (χ0n) is 12.5. The van der Waals surface area contributed by atoms with E-state index in [9.17, 15) is 0 Å². The largest absolute Gasteiger partial charge is 0.494 e. The molecule has 0 fully saturated rings. The highest BCUT2D eigenvalue weighted by atomic mass is 16.5. The van der Waals surface area contributed by atoms with Gasteiger partial charge in [0.2, 0.25) is 0 Å². The van der Waals surface area contributed by atoms with Crippen molar-refractivity contribution in [3.05, 3.63) is 35.5 Å². The van der Waals surface area contributed by atoms with Crippen LogP contribution in [0.5, 0.6) is 5.75 Å². The SMILES string of the molecule is CCOc1cccc(-c2nc(C)c(C(C)C)c(N)n2)c1. The minimum Gasteiger partial charge on any atom is -0.494 e. The number of nitrogen functional groups attached to an aromatic ring is 1. The molecule has 2 rings (SSSR count). The third kappa shape index (κ3) is 2.90. The van der Waals surface area contributed by atoms with Crippen LogP contribution in [0.1, 0.15) is 37.9 Å². The van der Waals surface area contributed by atoms with Crippen molar-refractivity contribution < 1.29 is 4.74 Å². The molecule has 4 heteroatoms. The van der Waals surface area contributed by atoms with Crippen molar-refractivity contribution in [3.63, 3.8) is 0 Å². The van der Waals surface area contributed by atoms with E-state index < -0.39 is 0 Å². The number of hydrogen-bond donors (Lipinski definition) is 1. The molecule has 0 amide bonds. The summed E-state index contributed by atoms with van der Waals surface area (Å²) in [5.41, 5.74) is 8.95. The van der Waals surface area contributed by atoms with Crippen molar-refractivity contribution in [3.8, 4) is 17.1 Å². The van der Waals surface area contributed by atoms with Crippen LogP contribution >= 0.6 is 0 Å². The van der Waals surface area contributed by atoms with E-state index >= 15 is 0 Å². The number of rotatable bonds is 4. The molecule has 0 aliphatic carbocycles. The smallest absolute Gasteiger partial charge is 0.161 e. The summed E-state index contributed by atoms with van der Waals surface area (Å²) in [7, 11) is 0. The monoisotopic (exact) mass is 271 g/mol. The Morgan fingerprint density at radius 3 is 2.60 bits per heavy atom. The lowest BCUT2D eigenvalue weighted by Crippen LogP contribution is -2.06. The van der Waals surface area contributed by atoms with Crippen LogP contribution in [0.2, 0.25) is 0 Å². The van der Waals surface area contributed by atoms with E-state index in [0.29, 0.717) is 24.2 Å². The topological polar surface area (TPSA) is 61.0 Å². The number of anilines is 1. The molecule has 1 aromatic carbocycles. The van der Waals surface area contributed by atoms with Crippen LogP contribution in [0.15, 0.2) is 24.3 Å². The van der Waals surface area contributed by atoms with Crippen molar-refractivity contribution in [2.24, 2.45) is 0 Å². The molecule has 0 bridgehead atoms. The van der Waals surface area contributed by atoms with Gasteiger partial charge in [0.15, 0.2) is 5.82 Å². The molecule has 0 atom stereocenters. The standard InChI is InChI=1S/C16H21N3O/c1-5-20-13-8-6-7-12(9-13)16-18-11(4)14(10(2)3)15(17)19-16/h6-10H,5H2,1-4H3,(H2,17,18,19). The molecule has 4 nitrogen and oxygen atoms in total. The summed E-state index contributed by atoms with van der Waals surface area (Å²) in [5.74, 6) is 2.34. The van der Waals surface area contributed by atoms with Gasteiger partial charge in [-0.3, -0.25) is 0 Å². The first-order valence-corrected chi connectivity index (χ1v) is 6.90. The summed E-state index contributed by atoms with van der Waals surface area (Å²) >= 11 is 0. The minimum atomic E-state index is 0.318. The van der Waals surface area contributed by atoms with E-state index in [1.165, 1.54) is 0 Å². The number of aromatic nitrogens is 2. The van der Waals surface area contributed by atoms with Crippen molar-refractivity contribution in [2.45, 2.75) is 33.6 Å². The van der Waals surface area contributed by atoms with Gasteiger partial charge in [-0.15, -0.1) is 0 Å². The Balaban J connectivity index is 2.46. The molecule has 2 N–H and O–H groups in total. The predicted molar refractivity (Wildman–Crippen MR) is 81.9 cm³/mol. The number of nitrogens with two attached hydrogens (primary N) is 1. The van der Waals surface area contributed by atoms with Crippen molar-refractivity contribution >= 4 is 5.82 Å². The third-order valence-electron chi connectivity index (χ3n) is 3.15. The molecule has 1 heterocycles. The van der Waals surface area contributed by atoms with Crippen molar-refractivity contribution in [1.82, 2.24) is 9.97 Å². The number of benzene rings is 1. The van der Waals surface area contributed by atoms with Gasteiger partial charge in [0, 0.05) is 16.8 Å². The second kappa shape index (κ2) is 5.90. The van der Waals surface area contributed by atoms with E-state index in [1.54, 1.807) is 0 Å². The first kappa shape index (κ1) is 14.3. The minimum absolute atomic E-state index is 0.318. The van der Waals surface area contributed by atoms with E-state index in [4.69, 9.17) is 10.5 Å². The molecule has 2 aromatic rings. The Hall–Kier alpha value is -2.10. The van der Waals surface area contributed by atoms with Crippen LogP contribution in [-0.2, 0) is 0 Å². The van der Waals surface area contributed by atoms with Gasteiger partial charge in [-0.05, 0) is 31.9 Å². The summed E-state index contributed by atoms with van der Waals surface area (Å²) in [4.78, 5) is 9.02. The Kier molecular flexibility index (Phi) is 4.23. The van der Waals surface area contributed by atoms with Crippen LogP contribution in [0.25, 0.3) is 11.4 Å². The summed E-state index contributed by atoms with van der Waals surface area (Å²) in [6.45, 7) is 8.76.